The standard InChI is InChI=1S/C24H34NO5P/c1-6-8-20-13-19(9-10-23(20)26)14-22-17(3)11-21(12-18(22)4)30-16-31(5,28)25-15-24(27)29-7-2/h9-13,26H,6-8,14-16H2,1-5H3,(H,25,28). The number of hydrogen-bond donors (Lipinski definition) is 2. The molecule has 7 heteroatoms. The van der Waals surface area contributed by atoms with Crippen molar-refractivity contribution >= 4 is 13.3 Å². The number of ether oxygens (including phenoxy) is 2. The van der Waals surface area contributed by atoms with E-state index >= 15 is 0 Å². The smallest absolute Gasteiger partial charge is 0.320 e. The van der Waals surface area contributed by atoms with Gasteiger partial charge in [-0.1, -0.05) is 25.5 Å². The van der Waals surface area contributed by atoms with Gasteiger partial charge >= 0.3 is 5.97 Å². The van der Waals surface area contributed by atoms with Crippen LogP contribution < -0.4 is 9.82 Å². The maximum Gasteiger partial charge on any atom is 0.320 e. The van der Waals surface area contributed by atoms with Crippen LogP contribution in [0.1, 0.15) is 48.1 Å². The predicted octanol–water partition coefficient (Wildman–Crippen LogP) is 4.95. The molecule has 2 aromatic rings. The Hall–Kier alpha value is -2.30. The van der Waals surface area contributed by atoms with Crippen LogP contribution in [0.3, 0.4) is 0 Å². The first-order valence-electron chi connectivity index (χ1n) is 10.7. The molecule has 170 valence electrons. The van der Waals surface area contributed by atoms with E-state index in [1.165, 1.54) is 5.56 Å². The number of nitrogens with one attached hydrogen (secondary N) is 1. The van der Waals surface area contributed by atoms with Gasteiger partial charge < -0.3 is 19.1 Å². The van der Waals surface area contributed by atoms with E-state index in [2.05, 4.69) is 18.1 Å². The lowest BCUT2D eigenvalue weighted by atomic mass is 9.94. The molecule has 0 saturated heterocycles. The number of aromatic hydroxyl groups is 1. The fraction of sp³-hybridized carbons (Fsp3) is 0.458. The zero-order chi connectivity index (χ0) is 23.0. The van der Waals surface area contributed by atoms with Gasteiger partial charge in [0.1, 0.15) is 11.5 Å². The molecule has 0 heterocycles. The van der Waals surface area contributed by atoms with Crippen molar-refractivity contribution in [2.45, 2.75) is 47.0 Å². The third-order valence-corrected chi connectivity index (χ3v) is 6.50. The van der Waals surface area contributed by atoms with Gasteiger partial charge in [-0.3, -0.25) is 9.88 Å². The highest BCUT2D eigenvalue weighted by Crippen LogP contribution is 2.36. The fourth-order valence-electron chi connectivity index (χ4n) is 3.43. The summed E-state index contributed by atoms with van der Waals surface area (Å²) in [5, 5.41) is 12.8. The third kappa shape index (κ3) is 7.71. The van der Waals surface area contributed by atoms with E-state index in [0.29, 0.717) is 18.1 Å². The van der Waals surface area contributed by atoms with Gasteiger partial charge in [0, 0.05) is 6.66 Å². The van der Waals surface area contributed by atoms with Crippen molar-refractivity contribution in [1.82, 2.24) is 5.09 Å². The number of benzene rings is 2. The van der Waals surface area contributed by atoms with Crippen molar-refractivity contribution < 1.29 is 23.9 Å². The predicted molar refractivity (Wildman–Crippen MR) is 124 cm³/mol. The molecular formula is C24H34NO5P. The van der Waals surface area contributed by atoms with Crippen LogP contribution in [0.4, 0.5) is 0 Å². The van der Waals surface area contributed by atoms with Gasteiger partial charge in [0.05, 0.1) is 13.2 Å². The maximum atomic E-state index is 12.6. The summed E-state index contributed by atoms with van der Waals surface area (Å²) in [5.74, 6) is 0.566. The molecule has 0 aliphatic rings. The Morgan fingerprint density at radius 1 is 1.13 bits per heavy atom. The van der Waals surface area contributed by atoms with Gasteiger partial charge in [-0.2, -0.15) is 0 Å². The average molecular weight is 448 g/mol. The van der Waals surface area contributed by atoms with Crippen molar-refractivity contribution in [3.63, 3.8) is 0 Å². The molecule has 0 spiro atoms. The molecule has 31 heavy (non-hydrogen) atoms. The molecule has 0 aromatic heterocycles. The number of hydrogen-bond acceptors (Lipinski definition) is 5. The molecule has 0 fully saturated rings. The number of phenolic OH excluding ortho intramolecular Hbond substituents is 1. The van der Waals surface area contributed by atoms with E-state index in [1.54, 1.807) is 19.7 Å². The minimum atomic E-state index is -2.85. The van der Waals surface area contributed by atoms with Gasteiger partial charge in [-0.25, -0.2) is 0 Å². The van der Waals surface area contributed by atoms with Gasteiger partial charge in [-0.05, 0) is 79.6 Å². The SMILES string of the molecule is CCCc1cc(Cc2c(C)cc(OCP(C)(=O)NCC(=O)OCC)cc2C)ccc1O. The molecular weight excluding hydrogens is 413 g/mol. The normalized spacial score (nSPS) is 12.9. The van der Waals surface area contributed by atoms with Crippen LogP contribution in [0.15, 0.2) is 30.3 Å². The fourth-order valence-corrected chi connectivity index (χ4v) is 4.38. The van der Waals surface area contributed by atoms with Crippen LogP contribution in [0.25, 0.3) is 0 Å². The number of carbonyl (C=O) groups excluding carboxylic acids is 1. The van der Waals surface area contributed by atoms with Gasteiger partial charge in [0.2, 0.25) is 0 Å². The largest absolute Gasteiger partial charge is 0.508 e. The summed E-state index contributed by atoms with van der Waals surface area (Å²) in [6, 6.07) is 9.69. The molecule has 6 nitrogen and oxygen atoms in total. The number of carbonyl (C=O) groups is 1. The third-order valence-electron chi connectivity index (χ3n) is 5.05. The monoisotopic (exact) mass is 447 g/mol. The zero-order valence-corrected chi connectivity index (χ0v) is 20.1. The lowest BCUT2D eigenvalue weighted by molar-refractivity contribution is -0.141. The minimum Gasteiger partial charge on any atom is -0.508 e. The van der Waals surface area contributed by atoms with Crippen LogP contribution in [0.5, 0.6) is 11.5 Å². The first-order valence-corrected chi connectivity index (χ1v) is 13.0. The second kappa shape index (κ2) is 11.4. The minimum absolute atomic E-state index is 0.0109. The van der Waals surface area contributed by atoms with E-state index in [-0.39, 0.29) is 12.9 Å². The lowest BCUT2D eigenvalue weighted by Crippen LogP contribution is -2.24. The van der Waals surface area contributed by atoms with Crippen LogP contribution in [-0.2, 0) is 26.9 Å². The maximum absolute atomic E-state index is 12.6. The molecule has 2 aromatic carbocycles. The molecule has 1 unspecified atom stereocenters. The molecule has 2 rings (SSSR count). The summed E-state index contributed by atoms with van der Waals surface area (Å²) in [5.41, 5.74) is 5.52. The topological polar surface area (TPSA) is 84.9 Å². The number of aryl methyl sites for hydroxylation is 3. The number of rotatable bonds is 11. The van der Waals surface area contributed by atoms with Gasteiger partial charge in [0.15, 0.2) is 13.6 Å². The highest BCUT2D eigenvalue weighted by molar-refractivity contribution is 7.60. The van der Waals surface area contributed by atoms with Crippen LogP contribution in [-0.4, -0.2) is 37.2 Å². The summed E-state index contributed by atoms with van der Waals surface area (Å²) in [6.07, 6.45) is 2.59. The summed E-state index contributed by atoms with van der Waals surface area (Å²) < 4.78 is 23.3. The highest BCUT2D eigenvalue weighted by Gasteiger charge is 2.18. The van der Waals surface area contributed by atoms with Crippen LogP contribution in [0.2, 0.25) is 0 Å². The van der Waals surface area contributed by atoms with Crippen LogP contribution >= 0.6 is 7.29 Å². The van der Waals surface area contributed by atoms with Crippen molar-refractivity contribution in [2.24, 2.45) is 0 Å². The second-order valence-electron chi connectivity index (χ2n) is 7.94. The van der Waals surface area contributed by atoms with Crippen molar-refractivity contribution in [1.29, 1.82) is 0 Å². The van der Waals surface area contributed by atoms with Crippen molar-refractivity contribution in [3.8, 4) is 11.5 Å². The molecule has 0 amide bonds. The van der Waals surface area contributed by atoms with Gasteiger partial charge in [0.25, 0.3) is 0 Å². The van der Waals surface area contributed by atoms with E-state index in [0.717, 1.165) is 41.5 Å². The molecule has 0 bridgehead atoms. The summed E-state index contributed by atoms with van der Waals surface area (Å²) in [6.45, 7) is 9.64. The number of esters is 1. The van der Waals surface area contributed by atoms with E-state index in [4.69, 9.17) is 9.47 Å². The van der Waals surface area contributed by atoms with Crippen LogP contribution in [0, 0.1) is 13.8 Å². The summed E-state index contributed by atoms with van der Waals surface area (Å²) in [7, 11) is -2.85. The Kier molecular flexibility index (Phi) is 9.15. The average Bonchev–Trinajstić information content (AvgIpc) is 2.70. The summed E-state index contributed by atoms with van der Waals surface area (Å²) in [4.78, 5) is 11.5. The molecule has 0 aliphatic carbocycles. The zero-order valence-electron chi connectivity index (χ0n) is 19.2. The Balaban J connectivity index is 2.06. The Bertz CT molecular complexity index is 934. The van der Waals surface area contributed by atoms with E-state index in [9.17, 15) is 14.5 Å². The number of phenols is 1. The Labute approximate surface area is 185 Å². The van der Waals surface area contributed by atoms with E-state index in [1.807, 2.05) is 32.0 Å². The Morgan fingerprint density at radius 3 is 2.42 bits per heavy atom. The van der Waals surface area contributed by atoms with E-state index < -0.39 is 13.3 Å². The molecule has 2 N–H and O–H groups in total. The second-order valence-corrected chi connectivity index (χ2v) is 10.7. The summed E-state index contributed by atoms with van der Waals surface area (Å²) >= 11 is 0. The lowest BCUT2D eigenvalue weighted by Gasteiger charge is -2.18. The van der Waals surface area contributed by atoms with Crippen molar-refractivity contribution in [3.05, 3.63) is 58.1 Å². The Morgan fingerprint density at radius 2 is 1.81 bits per heavy atom. The quantitative estimate of drug-likeness (QED) is 0.375. The first kappa shape index (κ1) is 25.0. The highest BCUT2D eigenvalue weighted by atomic mass is 31.2. The van der Waals surface area contributed by atoms with Gasteiger partial charge in [-0.15, -0.1) is 0 Å². The molecule has 1 atom stereocenters. The molecule has 0 radical (unpaired) electrons. The molecule has 0 saturated carbocycles. The first-order chi connectivity index (χ1) is 14.6. The van der Waals surface area contributed by atoms with Crippen molar-refractivity contribution in [2.75, 3.05) is 26.2 Å². The molecule has 0 aliphatic heterocycles.